The predicted molar refractivity (Wildman–Crippen MR) is 106 cm³/mol. The molecule has 11 heteroatoms. The monoisotopic (exact) mass is 443 g/mol. The van der Waals surface area contributed by atoms with Crippen LogP contribution in [0.5, 0.6) is 0 Å². The van der Waals surface area contributed by atoms with Crippen LogP contribution >= 0.6 is 11.6 Å². The number of hydrogen-bond acceptors (Lipinski definition) is 6. The van der Waals surface area contributed by atoms with Crippen LogP contribution in [0.25, 0.3) is 0 Å². The van der Waals surface area contributed by atoms with Gasteiger partial charge in [-0.2, -0.15) is 4.31 Å². The first-order valence-corrected chi connectivity index (χ1v) is 10.7. The number of nitrogens with zero attached hydrogens (tertiary/aromatic N) is 1. The highest BCUT2D eigenvalue weighted by Crippen LogP contribution is 2.25. The van der Waals surface area contributed by atoms with Gasteiger partial charge in [0.15, 0.2) is 6.61 Å². The lowest BCUT2D eigenvalue weighted by Gasteiger charge is -2.30. The molecule has 0 aliphatic carbocycles. The molecule has 1 aromatic rings. The lowest BCUT2D eigenvalue weighted by Crippen LogP contribution is -2.43. The first-order valence-electron chi connectivity index (χ1n) is 8.85. The van der Waals surface area contributed by atoms with Crippen molar-refractivity contribution in [2.24, 2.45) is 5.92 Å². The van der Waals surface area contributed by atoms with Gasteiger partial charge in [0, 0.05) is 24.7 Å². The Morgan fingerprint density at radius 1 is 1.21 bits per heavy atom. The molecule has 0 spiro atoms. The first kappa shape index (κ1) is 22.9. The van der Waals surface area contributed by atoms with Gasteiger partial charge in [0.25, 0.3) is 5.91 Å². The number of carbonyl (C=O) groups is 3. The normalized spacial score (nSPS) is 15.3. The summed E-state index contributed by atoms with van der Waals surface area (Å²) in [5.41, 5.74) is 0. The maximum Gasteiger partial charge on any atom is 0.321 e. The molecule has 1 aliphatic heterocycles. The van der Waals surface area contributed by atoms with E-state index in [4.69, 9.17) is 16.3 Å². The minimum atomic E-state index is -3.67. The Balaban J connectivity index is 1.80. The number of hydrogen-bond donors (Lipinski definition) is 2. The van der Waals surface area contributed by atoms with Crippen molar-refractivity contribution >= 4 is 39.5 Å². The van der Waals surface area contributed by atoms with E-state index < -0.39 is 40.5 Å². The van der Waals surface area contributed by atoms with Gasteiger partial charge in [-0.3, -0.25) is 14.9 Å². The van der Waals surface area contributed by atoms with Crippen LogP contribution < -0.4 is 10.6 Å². The highest BCUT2D eigenvalue weighted by atomic mass is 35.5. The molecular weight excluding hydrogens is 422 g/mol. The molecule has 158 valence electrons. The third-order valence-corrected chi connectivity index (χ3v) is 6.41. The van der Waals surface area contributed by atoms with Gasteiger partial charge in [-0.05, 0) is 37.1 Å². The zero-order valence-corrected chi connectivity index (χ0v) is 17.2. The summed E-state index contributed by atoms with van der Waals surface area (Å²) in [5.74, 6) is -1.88. The Bertz CT molecular complexity index is 864. The summed E-state index contributed by atoms with van der Waals surface area (Å²) in [7, 11) is -3.67. The van der Waals surface area contributed by atoms with Gasteiger partial charge in [-0.15, -0.1) is 6.58 Å². The van der Waals surface area contributed by atoms with Crippen LogP contribution in [-0.2, 0) is 24.3 Å². The van der Waals surface area contributed by atoms with Crippen LogP contribution in [0, 0.1) is 5.92 Å². The van der Waals surface area contributed by atoms with E-state index in [2.05, 4.69) is 11.9 Å². The van der Waals surface area contributed by atoms with Crippen molar-refractivity contribution in [3.8, 4) is 0 Å². The third kappa shape index (κ3) is 6.55. The standard InChI is InChI=1S/C18H22ClN3O6S/c1-2-9-20-18(25)21-16(23)12-28-17(24)13-7-10-22(11-8-13)29(26,27)15-5-3-14(19)4-6-15/h2-6,13H,1,7-12H2,(H2,20,21,23,25). The fourth-order valence-electron chi connectivity index (χ4n) is 2.71. The molecule has 3 amide bonds. The number of amides is 3. The molecule has 1 aromatic carbocycles. The molecule has 1 fully saturated rings. The Morgan fingerprint density at radius 3 is 2.41 bits per heavy atom. The van der Waals surface area contributed by atoms with Crippen molar-refractivity contribution < 1.29 is 27.5 Å². The van der Waals surface area contributed by atoms with Crippen LogP contribution in [0.1, 0.15) is 12.8 Å². The average molecular weight is 444 g/mol. The number of nitrogens with one attached hydrogen (secondary N) is 2. The minimum absolute atomic E-state index is 0.134. The van der Waals surface area contributed by atoms with Crippen molar-refractivity contribution in [1.29, 1.82) is 0 Å². The van der Waals surface area contributed by atoms with Gasteiger partial charge in [0.2, 0.25) is 10.0 Å². The molecule has 0 atom stereocenters. The molecule has 1 aliphatic rings. The molecule has 0 radical (unpaired) electrons. The molecule has 0 aromatic heterocycles. The number of ether oxygens (including phenoxy) is 1. The molecule has 0 bridgehead atoms. The molecule has 2 rings (SSSR count). The van der Waals surface area contributed by atoms with Gasteiger partial charge in [-0.1, -0.05) is 17.7 Å². The maximum atomic E-state index is 12.6. The Labute approximate surface area is 174 Å². The van der Waals surface area contributed by atoms with Crippen molar-refractivity contribution in [3.05, 3.63) is 41.9 Å². The highest BCUT2D eigenvalue weighted by molar-refractivity contribution is 7.89. The number of benzene rings is 1. The number of imide groups is 1. The smallest absolute Gasteiger partial charge is 0.321 e. The Hall–Kier alpha value is -2.43. The summed E-state index contributed by atoms with van der Waals surface area (Å²) in [4.78, 5) is 35.2. The summed E-state index contributed by atoms with van der Waals surface area (Å²) >= 11 is 5.79. The van der Waals surface area contributed by atoms with Crippen LogP contribution in [0.3, 0.4) is 0 Å². The molecule has 29 heavy (non-hydrogen) atoms. The lowest BCUT2D eigenvalue weighted by molar-refractivity contribution is -0.153. The zero-order valence-electron chi connectivity index (χ0n) is 15.6. The third-order valence-electron chi connectivity index (χ3n) is 4.24. The highest BCUT2D eigenvalue weighted by Gasteiger charge is 2.33. The molecular formula is C18H22ClN3O6S. The van der Waals surface area contributed by atoms with E-state index in [1.807, 2.05) is 5.32 Å². The van der Waals surface area contributed by atoms with Gasteiger partial charge in [-0.25, -0.2) is 13.2 Å². The van der Waals surface area contributed by atoms with Crippen molar-refractivity contribution in [2.45, 2.75) is 17.7 Å². The van der Waals surface area contributed by atoms with Crippen LogP contribution in [0.4, 0.5) is 4.79 Å². The number of halogens is 1. The molecule has 1 heterocycles. The molecule has 2 N–H and O–H groups in total. The number of rotatable bonds is 7. The second-order valence-electron chi connectivity index (χ2n) is 6.29. The second kappa shape index (κ2) is 10.4. The van der Waals surface area contributed by atoms with Gasteiger partial charge in [0.05, 0.1) is 10.8 Å². The zero-order chi connectivity index (χ0) is 21.4. The van der Waals surface area contributed by atoms with Crippen LogP contribution in [0.15, 0.2) is 41.8 Å². The number of sulfonamides is 1. The Morgan fingerprint density at radius 2 is 1.83 bits per heavy atom. The molecule has 0 saturated carbocycles. The molecule has 0 unspecified atom stereocenters. The number of piperidine rings is 1. The summed E-state index contributed by atoms with van der Waals surface area (Å²) in [5, 5.41) is 4.80. The molecule has 1 saturated heterocycles. The van der Waals surface area contributed by atoms with E-state index in [0.717, 1.165) is 0 Å². The van der Waals surface area contributed by atoms with E-state index in [-0.39, 0.29) is 37.4 Å². The first-order chi connectivity index (χ1) is 13.7. The number of esters is 1. The lowest BCUT2D eigenvalue weighted by atomic mass is 9.98. The topological polar surface area (TPSA) is 122 Å². The average Bonchev–Trinajstić information content (AvgIpc) is 2.71. The predicted octanol–water partition coefficient (Wildman–Crippen LogP) is 1.30. The molecule has 9 nitrogen and oxygen atoms in total. The SMILES string of the molecule is C=CCNC(=O)NC(=O)COC(=O)C1CCN(S(=O)(=O)c2ccc(Cl)cc2)CC1. The van der Waals surface area contributed by atoms with Crippen molar-refractivity contribution in [2.75, 3.05) is 26.2 Å². The van der Waals surface area contributed by atoms with E-state index in [1.54, 1.807) is 0 Å². The number of carbonyl (C=O) groups excluding carboxylic acids is 3. The van der Waals surface area contributed by atoms with Crippen molar-refractivity contribution in [1.82, 2.24) is 14.9 Å². The summed E-state index contributed by atoms with van der Waals surface area (Å²) < 4.78 is 31.5. The van der Waals surface area contributed by atoms with E-state index >= 15 is 0 Å². The van der Waals surface area contributed by atoms with E-state index in [9.17, 15) is 22.8 Å². The number of urea groups is 1. The summed E-state index contributed by atoms with van der Waals surface area (Å²) in [6.45, 7) is 3.33. The Kier molecular flexibility index (Phi) is 8.18. The van der Waals surface area contributed by atoms with Gasteiger partial charge >= 0.3 is 12.0 Å². The van der Waals surface area contributed by atoms with Gasteiger partial charge in [0.1, 0.15) is 0 Å². The quantitative estimate of drug-likeness (QED) is 0.483. The fourth-order valence-corrected chi connectivity index (χ4v) is 4.31. The van der Waals surface area contributed by atoms with E-state index in [0.29, 0.717) is 5.02 Å². The maximum absolute atomic E-state index is 12.6. The van der Waals surface area contributed by atoms with Crippen LogP contribution in [0.2, 0.25) is 5.02 Å². The second-order valence-corrected chi connectivity index (χ2v) is 8.66. The van der Waals surface area contributed by atoms with Crippen LogP contribution in [-0.4, -0.2) is 56.9 Å². The minimum Gasteiger partial charge on any atom is -0.455 e. The van der Waals surface area contributed by atoms with E-state index in [1.165, 1.54) is 34.6 Å². The summed E-state index contributed by atoms with van der Waals surface area (Å²) in [6, 6.07) is 5.15. The fraction of sp³-hybridized carbons (Fsp3) is 0.389. The van der Waals surface area contributed by atoms with Gasteiger partial charge < -0.3 is 10.1 Å². The van der Waals surface area contributed by atoms with Crippen molar-refractivity contribution in [3.63, 3.8) is 0 Å². The largest absolute Gasteiger partial charge is 0.455 e. The summed E-state index contributed by atoms with van der Waals surface area (Å²) in [6.07, 6.45) is 1.99.